The number of nitrogens with zero attached hydrogens (tertiary/aromatic N) is 3. The second-order valence-electron chi connectivity index (χ2n) is 6.21. The molecular weight excluding hydrogens is 306 g/mol. The summed E-state index contributed by atoms with van der Waals surface area (Å²) in [5.74, 6) is 0.521. The van der Waals surface area contributed by atoms with Crippen LogP contribution in [0.4, 0.5) is 5.69 Å². The van der Waals surface area contributed by atoms with Gasteiger partial charge >= 0.3 is 0 Å². The van der Waals surface area contributed by atoms with E-state index in [1.807, 2.05) is 38.1 Å². The van der Waals surface area contributed by atoms with Crippen LogP contribution in [0.3, 0.4) is 0 Å². The van der Waals surface area contributed by atoms with Crippen molar-refractivity contribution >= 4 is 11.6 Å². The molecule has 1 fully saturated rings. The standard InChI is InChI=1S/C17H23N5O2/c1-12(2)24-15-5-3-13(4-6-15)19-17(23)16-11-22(21-20-16)14-7-9-18-10-8-14/h3-6,11-12,14,18H,7-10H2,1-2H3,(H,19,23). The van der Waals surface area contributed by atoms with Gasteiger partial charge in [0.2, 0.25) is 0 Å². The Kier molecular flexibility index (Phi) is 5.10. The van der Waals surface area contributed by atoms with Crippen LogP contribution in [0.5, 0.6) is 5.75 Å². The van der Waals surface area contributed by atoms with Gasteiger partial charge in [0.25, 0.3) is 5.91 Å². The molecule has 2 aromatic rings. The number of nitrogens with one attached hydrogen (secondary N) is 2. The second kappa shape index (κ2) is 7.44. The molecule has 0 aliphatic carbocycles. The van der Waals surface area contributed by atoms with Gasteiger partial charge in [-0.05, 0) is 64.0 Å². The average molecular weight is 329 g/mol. The highest BCUT2D eigenvalue weighted by atomic mass is 16.5. The molecule has 24 heavy (non-hydrogen) atoms. The number of carbonyl (C=O) groups is 1. The molecule has 7 nitrogen and oxygen atoms in total. The van der Waals surface area contributed by atoms with Crippen molar-refractivity contribution in [2.75, 3.05) is 18.4 Å². The van der Waals surface area contributed by atoms with E-state index in [1.165, 1.54) is 0 Å². The van der Waals surface area contributed by atoms with Crippen molar-refractivity contribution < 1.29 is 9.53 Å². The molecule has 1 aromatic heterocycles. The van der Waals surface area contributed by atoms with Gasteiger partial charge in [0, 0.05) is 5.69 Å². The highest BCUT2D eigenvalue weighted by Crippen LogP contribution is 2.19. The zero-order valence-corrected chi connectivity index (χ0v) is 14.0. The molecule has 1 aliphatic rings. The van der Waals surface area contributed by atoms with Crippen LogP contribution in [0, 0.1) is 0 Å². The zero-order chi connectivity index (χ0) is 16.9. The van der Waals surface area contributed by atoms with Crippen LogP contribution < -0.4 is 15.4 Å². The summed E-state index contributed by atoms with van der Waals surface area (Å²) in [5, 5.41) is 14.3. The minimum atomic E-state index is -0.257. The fourth-order valence-electron chi connectivity index (χ4n) is 2.71. The summed E-state index contributed by atoms with van der Waals surface area (Å²) in [6.07, 6.45) is 3.85. The maximum Gasteiger partial charge on any atom is 0.277 e. The van der Waals surface area contributed by atoms with Crippen LogP contribution in [0.2, 0.25) is 0 Å². The van der Waals surface area contributed by atoms with E-state index in [1.54, 1.807) is 10.9 Å². The topological polar surface area (TPSA) is 81.1 Å². The Morgan fingerprint density at radius 2 is 2.00 bits per heavy atom. The molecule has 0 atom stereocenters. The van der Waals surface area contributed by atoms with Crippen molar-refractivity contribution in [3.63, 3.8) is 0 Å². The molecule has 7 heteroatoms. The summed E-state index contributed by atoms with van der Waals surface area (Å²) in [6.45, 7) is 5.89. The van der Waals surface area contributed by atoms with Crippen LogP contribution >= 0.6 is 0 Å². The van der Waals surface area contributed by atoms with Gasteiger partial charge in [-0.15, -0.1) is 5.10 Å². The summed E-state index contributed by atoms with van der Waals surface area (Å²) >= 11 is 0. The maximum atomic E-state index is 12.3. The van der Waals surface area contributed by atoms with E-state index in [2.05, 4.69) is 20.9 Å². The van der Waals surface area contributed by atoms with Gasteiger partial charge in [-0.3, -0.25) is 4.79 Å². The molecule has 0 unspecified atom stereocenters. The summed E-state index contributed by atoms with van der Waals surface area (Å²) in [6, 6.07) is 7.61. The third-order valence-electron chi connectivity index (χ3n) is 3.91. The SMILES string of the molecule is CC(C)Oc1ccc(NC(=O)c2cn(C3CCNCC3)nn2)cc1. The summed E-state index contributed by atoms with van der Waals surface area (Å²) in [4.78, 5) is 12.3. The monoisotopic (exact) mass is 329 g/mol. The molecule has 0 bridgehead atoms. The van der Waals surface area contributed by atoms with Crippen LogP contribution in [0.1, 0.15) is 43.2 Å². The number of hydrogen-bond acceptors (Lipinski definition) is 5. The lowest BCUT2D eigenvalue weighted by atomic mass is 10.1. The van der Waals surface area contributed by atoms with Crippen molar-refractivity contribution in [2.45, 2.75) is 38.8 Å². The van der Waals surface area contributed by atoms with Gasteiger partial charge in [-0.2, -0.15) is 0 Å². The van der Waals surface area contributed by atoms with Crippen molar-refractivity contribution in [3.8, 4) is 5.75 Å². The number of carbonyl (C=O) groups excluding carboxylic acids is 1. The summed E-state index contributed by atoms with van der Waals surface area (Å²) in [5.41, 5.74) is 1.03. The van der Waals surface area contributed by atoms with E-state index in [4.69, 9.17) is 4.74 Å². The molecule has 2 heterocycles. The lowest BCUT2D eigenvalue weighted by Gasteiger charge is -2.22. The van der Waals surface area contributed by atoms with Crippen LogP contribution in [0.25, 0.3) is 0 Å². The quantitative estimate of drug-likeness (QED) is 0.879. The van der Waals surface area contributed by atoms with Gasteiger partial charge in [0.05, 0.1) is 18.3 Å². The van der Waals surface area contributed by atoms with Gasteiger partial charge < -0.3 is 15.4 Å². The van der Waals surface area contributed by atoms with E-state index in [9.17, 15) is 4.79 Å². The predicted octanol–water partition coefficient (Wildman–Crippen LogP) is 2.24. The Morgan fingerprint density at radius 3 is 2.67 bits per heavy atom. The van der Waals surface area contributed by atoms with Crippen molar-refractivity contribution in [3.05, 3.63) is 36.2 Å². The molecular formula is C17H23N5O2. The predicted molar refractivity (Wildman–Crippen MR) is 91.3 cm³/mol. The van der Waals surface area contributed by atoms with Crippen molar-refractivity contribution in [1.29, 1.82) is 0 Å². The molecule has 0 saturated carbocycles. The van der Waals surface area contributed by atoms with Crippen LogP contribution in [-0.2, 0) is 0 Å². The van der Waals surface area contributed by atoms with Gasteiger partial charge in [-0.25, -0.2) is 4.68 Å². The number of benzene rings is 1. The molecule has 1 aromatic carbocycles. The normalized spacial score (nSPS) is 15.5. The first-order valence-corrected chi connectivity index (χ1v) is 8.32. The van der Waals surface area contributed by atoms with Gasteiger partial charge in [0.15, 0.2) is 5.69 Å². The van der Waals surface area contributed by atoms with E-state index in [0.29, 0.717) is 17.4 Å². The Morgan fingerprint density at radius 1 is 1.29 bits per heavy atom. The molecule has 2 N–H and O–H groups in total. The van der Waals surface area contributed by atoms with E-state index >= 15 is 0 Å². The smallest absolute Gasteiger partial charge is 0.277 e. The van der Waals surface area contributed by atoms with Crippen LogP contribution in [0.15, 0.2) is 30.5 Å². The highest BCUT2D eigenvalue weighted by molar-refractivity contribution is 6.02. The Labute approximate surface area is 141 Å². The second-order valence-corrected chi connectivity index (χ2v) is 6.21. The van der Waals surface area contributed by atoms with Gasteiger partial charge in [0.1, 0.15) is 5.75 Å². The fraction of sp³-hybridized carbons (Fsp3) is 0.471. The average Bonchev–Trinajstić information content (AvgIpc) is 3.07. The lowest BCUT2D eigenvalue weighted by Crippen LogP contribution is -2.29. The van der Waals surface area contributed by atoms with E-state index in [0.717, 1.165) is 31.7 Å². The van der Waals surface area contributed by atoms with Crippen molar-refractivity contribution in [2.24, 2.45) is 0 Å². The minimum Gasteiger partial charge on any atom is -0.491 e. The lowest BCUT2D eigenvalue weighted by molar-refractivity contribution is 0.102. The number of ether oxygens (including phenoxy) is 1. The molecule has 128 valence electrons. The molecule has 1 amide bonds. The Balaban J connectivity index is 1.61. The Hall–Kier alpha value is -2.41. The van der Waals surface area contributed by atoms with E-state index in [-0.39, 0.29) is 12.0 Å². The molecule has 1 saturated heterocycles. The first kappa shape index (κ1) is 16.4. The van der Waals surface area contributed by atoms with Crippen LogP contribution in [-0.4, -0.2) is 40.1 Å². The largest absolute Gasteiger partial charge is 0.491 e. The first-order chi connectivity index (χ1) is 11.6. The van der Waals surface area contributed by atoms with Crippen molar-refractivity contribution in [1.82, 2.24) is 20.3 Å². The maximum absolute atomic E-state index is 12.3. The summed E-state index contributed by atoms with van der Waals surface area (Å²) in [7, 11) is 0. The first-order valence-electron chi connectivity index (χ1n) is 8.32. The molecule has 0 spiro atoms. The Bertz CT molecular complexity index is 675. The number of piperidine rings is 1. The summed E-state index contributed by atoms with van der Waals surface area (Å²) < 4.78 is 7.39. The molecule has 3 rings (SSSR count). The zero-order valence-electron chi connectivity index (χ0n) is 14.0. The number of anilines is 1. The third-order valence-corrected chi connectivity index (χ3v) is 3.91. The highest BCUT2D eigenvalue weighted by Gasteiger charge is 2.18. The number of rotatable bonds is 5. The number of aromatic nitrogens is 3. The number of amides is 1. The van der Waals surface area contributed by atoms with Gasteiger partial charge in [-0.1, -0.05) is 5.21 Å². The third kappa shape index (κ3) is 4.11. The molecule has 0 radical (unpaired) electrons. The van der Waals surface area contributed by atoms with E-state index < -0.39 is 0 Å². The fourth-order valence-corrected chi connectivity index (χ4v) is 2.71. The number of hydrogen-bond donors (Lipinski definition) is 2. The molecule has 1 aliphatic heterocycles. The minimum absolute atomic E-state index is 0.121.